The van der Waals surface area contributed by atoms with Gasteiger partial charge in [-0.3, -0.25) is 4.79 Å². The summed E-state index contributed by atoms with van der Waals surface area (Å²) in [6, 6.07) is -0.803. The molecule has 1 atom stereocenters. The summed E-state index contributed by atoms with van der Waals surface area (Å²) in [4.78, 5) is 17.2. The van der Waals surface area contributed by atoms with Crippen LogP contribution in [0.25, 0.3) is 1.43 Å². The molecule has 68 valence electrons. The first kappa shape index (κ1) is 9.02. The molecule has 4 N–H and O–H groups in total. The van der Waals surface area contributed by atoms with Crippen LogP contribution in [0.3, 0.4) is 0 Å². The van der Waals surface area contributed by atoms with E-state index in [9.17, 15) is 4.79 Å². The number of imidazole rings is 1. The van der Waals surface area contributed by atoms with Crippen molar-refractivity contribution in [2.75, 3.05) is 0 Å². The third-order valence-corrected chi connectivity index (χ3v) is 1.30. The molecule has 1 rings (SSSR count). The van der Waals surface area contributed by atoms with Crippen LogP contribution in [-0.2, 0) is 11.2 Å². The number of nitrogens with zero attached hydrogens (tertiary/aromatic N) is 1. The maximum atomic E-state index is 10.7. The van der Waals surface area contributed by atoms with Crippen LogP contribution >= 0.6 is 12.4 Å². The molecule has 0 bridgehead atoms. The van der Waals surface area contributed by atoms with Gasteiger partial charge in [0.05, 0.1) is 6.33 Å². The van der Waals surface area contributed by atoms with E-state index < -0.39 is 12.0 Å². The minimum absolute atomic E-state index is 0. The zero-order valence-electron chi connectivity index (χ0n) is 7.19. The lowest BCUT2D eigenvalue weighted by Crippen LogP contribution is -2.32. The third kappa shape index (κ3) is 2.89. The van der Waals surface area contributed by atoms with Crippen molar-refractivity contribution in [3.8, 4) is 0 Å². The zero-order valence-corrected chi connectivity index (χ0v) is 7.00. The average molecular weight is 193 g/mol. The smallest absolute Gasteiger partial charge is 0.320 e. The number of rotatable bonds is 3. The summed E-state index contributed by atoms with van der Waals surface area (Å²) in [5, 5.41) is 3.71. The predicted molar refractivity (Wildman–Crippen MR) is 45.2 cm³/mol. The Hall–Kier alpha value is -1.07. The van der Waals surface area contributed by atoms with Crippen molar-refractivity contribution in [1.82, 2.24) is 9.97 Å². The molecule has 0 saturated heterocycles. The van der Waals surface area contributed by atoms with Crippen molar-refractivity contribution < 1.29 is 9.90 Å². The lowest BCUT2D eigenvalue weighted by atomic mass is 10.2. The van der Waals surface area contributed by atoms with Crippen LogP contribution in [0.2, 0.25) is 0 Å². The van der Waals surface area contributed by atoms with Gasteiger partial charge in [0.1, 0.15) is 6.04 Å². The van der Waals surface area contributed by atoms with Gasteiger partial charge in [0.25, 0.3) is 1.43 Å². The van der Waals surface area contributed by atoms with Gasteiger partial charge in [0.15, 0.2) is 0 Å². The van der Waals surface area contributed by atoms with Crippen molar-refractivity contribution in [1.29, 1.82) is 1.43 Å². The molecule has 0 aliphatic rings. The van der Waals surface area contributed by atoms with Gasteiger partial charge >= 0.3 is 5.97 Å². The van der Waals surface area contributed by atoms with E-state index in [2.05, 4.69) is 15.1 Å². The number of hydrogen-bond donors (Lipinski definition) is 3. The average Bonchev–Trinajstić information content (AvgIpc) is 2.55. The summed E-state index contributed by atoms with van der Waals surface area (Å²) < 4.78 is 6.31. The highest BCUT2D eigenvalue weighted by molar-refractivity contribution is 5.85. The van der Waals surface area contributed by atoms with Crippen LogP contribution in [0, 0.1) is 0 Å². The van der Waals surface area contributed by atoms with Crippen LogP contribution in [0.15, 0.2) is 12.5 Å². The lowest BCUT2D eigenvalue weighted by Gasteiger charge is -2.02. The summed E-state index contributed by atoms with van der Waals surface area (Å²) in [5.41, 5.74) is 6.12. The summed E-state index contributed by atoms with van der Waals surface area (Å²) in [5.74, 6) is -0.746. The fourth-order valence-corrected chi connectivity index (χ4v) is 0.717. The Bertz CT molecular complexity index is 254. The number of aromatic amines is 1. The predicted octanol–water partition coefficient (Wildman–Crippen LogP) is -0.214. The number of aliphatic carboxylic acids is 1. The van der Waals surface area contributed by atoms with Crippen molar-refractivity contribution in [3.05, 3.63) is 18.2 Å². The molecular formula is C6H10ClN3O2. The molecule has 1 aromatic heterocycles. The number of carboxylic acid groups (broad SMARTS) is 1. The number of nitrogens with two attached hydrogens (primary N) is 1. The molecule has 12 heavy (non-hydrogen) atoms. The van der Waals surface area contributed by atoms with Gasteiger partial charge < -0.3 is 15.8 Å². The quantitative estimate of drug-likeness (QED) is 0.618. The Morgan fingerprint density at radius 2 is 2.75 bits per heavy atom. The second-order valence-corrected chi connectivity index (χ2v) is 2.21. The highest BCUT2D eigenvalue weighted by Crippen LogP contribution is 1.95. The van der Waals surface area contributed by atoms with Gasteiger partial charge in [-0.1, -0.05) is 0 Å². The molecule has 0 amide bonds. The second kappa shape index (κ2) is 4.74. The van der Waals surface area contributed by atoms with E-state index in [0.717, 1.165) is 5.69 Å². The molecule has 0 unspecified atom stereocenters. The SMILES string of the molecule is Cl.[2H]OC(=O)[C@@H](N)Cc1cnc[nH]1. The molecule has 0 aliphatic carbocycles. The fourth-order valence-electron chi connectivity index (χ4n) is 0.717. The number of nitrogens with one attached hydrogen (secondary N) is 1. The molecular weight excluding hydrogens is 182 g/mol. The molecule has 0 spiro atoms. The van der Waals surface area contributed by atoms with Crippen LogP contribution in [0.4, 0.5) is 0 Å². The van der Waals surface area contributed by atoms with Crippen LogP contribution in [-0.4, -0.2) is 27.1 Å². The van der Waals surface area contributed by atoms with Crippen LogP contribution in [0.5, 0.6) is 0 Å². The first-order valence-corrected chi connectivity index (χ1v) is 3.14. The van der Waals surface area contributed by atoms with E-state index in [0.29, 0.717) is 6.42 Å². The third-order valence-electron chi connectivity index (χ3n) is 1.30. The second-order valence-electron chi connectivity index (χ2n) is 2.21. The summed E-state index contributed by atoms with van der Waals surface area (Å²) in [6.07, 6.45) is 3.36. The minimum Gasteiger partial charge on any atom is -0.480 e. The topological polar surface area (TPSA) is 92.0 Å². The van der Waals surface area contributed by atoms with Crippen molar-refractivity contribution in [2.45, 2.75) is 12.5 Å². The highest BCUT2D eigenvalue weighted by Gasteiger charge is 2.11. The number of aromatic nitrogens is 2. The normalized spacial score (nSPS) is 12.6. The molecule has 0 saturated carbocycles. The Kier molecular flexibility index (Phi) is 3.56. The summed E-state index contributed by atoms with van der Waals surface area (Å²) in [7, 11) is 0. The van der Waals surface area contributed by atoms with E-state index in [-0.39, 0.29) is 12.4 Å². The maximum Gasteiger partial charge on any atom is 0.320 e. The minimum atomic E-state index is -0.803. The van der Waals surface area contributed by atoms with Gasteiger partial charge in [0.2, 0.25) is 0 Å². The van der Waals surface area contributed by atoms with Gasteiger partial charge in [-0.25, -0.2) is 4.98 Å². The highest BCUT2D eigenvalue weighted by atomic mass is 35.5. The molecule has 0 fully saturated rings. The Morgan fingerprint density at radius 1 is 2.00 bits per heavy atom. The molecule has 6 heteroatoms. The van der Waals surface area contributed by atoms with Gasteiger partial charge in [-0.15, -0.1) is 12.4 Å². The molecule has 0 aromatic carbocycles. The van der Waals surface area contributed by atoms with Gasteiger partial charge in [0, 0.05) is 18.3 Å². The van der Waals surface area contributed by atoms with E-state index in [1.165, 1.54) is 6.33 Å². The Morgan fingerprint density at radius 3 is 3.25 bits per heavy atom. The largest absolute Gasteiger partial charge is 0.480 e. The summed E-state index contributed by atoms with van der Waals surface area (Å²) >= 11 is 0. The standard InChI is InChI=1S/C6H9N3O2.ClH/c7-5(6(10)11)1-4-2-8-3-9-4;/h2-3,5H,1,7H2,(H,8,9)(H,10,11);1H/t5-;/m0./s1/i/hD. The van der Waals surface area contributed by atoms with Gasteiger partial charge in [-0.05, 0) is 0 Å². The van der Waals surface area contributed by atoms with E-state index >= 15 is 0 Å². The molecule has 0 aliphatic heterocycles. The van der Waals surface area contributed by atoms with Crippen LogP contribution < -0.4 is 5.73 Å². The van der Waals surface area contributed by atoms with Crippen LogP contribution in [0.1, 0.15) is 5.69 Å². The zero-order chi connectivity index (χ0) is 8.97. The molecule has 5 nitrogen and oxygen atoms in total. The summed E-state index contributed by atoms with van der Waals surface area (Å²) in [6.45, 7) is 0. The van der Waals surface area contributed by atoms with E-state index in [4.69, 9.17) is 7.16 Å². The molecule has 1 heterocycles. The van der Waals surface area contributed by atoms with E-state index in [1.54, 1.807) is 6.20 Å². The number of halogens is 1. The molecule has 0 radical (unpaired) electrons. The maximum absolute atomic E-state index is 10.7. The monoisotopic (exact) mass is 192 g/mol. The Labute approximate surface area is 76.9 Å². The van der Waals surface area contributed by atoms with Crippen molar-refractivity contribution in [3.63, 3.8) is 0 Å². The molecule has 1 aromatic rings. The van der Waals surface area contributed by atoms with Crippen molar-refractivity contribution >= 4 is 18.4 Å². The fraction of sp³-hybridized carbons (Fsp3) is 0.333. The number of hydrogen-bond acceptors (Lipinski definition) is 4. The first-order valence-electron chi connectivity index (χ1n) is 3.54. The first-order chi connectivity index (χ1) is 5.74. The number of carbonyl (C=O) groups is 1. The number of carboxylic acids is 1. The van der Waals surface area contributed by atoms with Gasteiger partial charge in [-0.2, -0.15) is 0 Å². The Balaban J connectivity index is 0.00000144. The number of H-pyrrole nitrogens is 1. The lowest BCUT2D eigenvalue weighted by molar-refractivity contribution is -0.138. The van der Waals surface area contributed by atoms with Crippen molar-refractivity contribution in [2.24, 2.45) is 5.73 Å². The van der Waals surface area contributed by atoms with E-state index in [1.807, 2.05) is 0 Å².